The van der Waals surface area contributed by atoms with E-state index in [-0.39, 0.29) is 0 Å². The van der Waals surface area contributed by atoms with Gasteiger partial charge in [-0.05, 0) is 25.0 Å². The van der Waals surface area contributed by atoms with Crippen molar-refractivity contribution in [1.29, 1.82) is 0 Å². The minimum atomic E-state index is 0.797. The number of nitrogens with zero attached hydrogens (tertiary/aromatic N) is 2. The Bertz CT molecular complexity index is 441. The summed E-state index contributed by atoms with van der Waals surface area (Å²) in [5.41, 5.74) is 8.98. The van der Waals surface area contributed by atoms with Gasteiger partial charge >= 0.3 is 0 Å². The second-order valence-electron chi connectivity index (χ2n) is 4.92. The zero-order chi connectivity index (χ0) is 14.2. The summed E-state index contributed by atoms with van der Waals surface area (Å²) in [4.78, 5) is 0. The molecule has 0 radical (unpaired) electrons. The highest BCUT2D eigenvalue weighted by Crippen LogP contribution is 2.19. The molecule has 0 unspecified atom stereocenters. The molecule has 0 atom stereocenters. The summed E-state index contributed by atoms with van der Waals surface area (Å²) in [5, 5.41) is 4.03. The first kappa shape index (κ1) is 14.5. The molecule has 1 aliphatic rings. The predicted molar refractivity (Wildman–Crippen MR) is 84.2 cm³/mol. The van der Waals surface area contributed by atoms with E-state index < -0.39 is 0 Å². The zero-order valence-corrected chi connectivity index (χ0v) is 12.2. The predicted octanol–water partition coefficient (Wildman–Crippen LogP) is 3.66. The van der Waals surface area contributed by atoms with Crippen molar-refractivity contribution in [3.05, 3.63) is 54.9 Å². The topological polar surface area (TPSA) is 30.5 Å². The molecule has 4 nitrogen and oxygen atoms in total. The van der Waals surface area contributed by atoms with Gasteiger partial charge in [0.05, 0.1) is 24.1 Å². The molecule has 2 rings (SSSR count). The summed E-state index contributed by atoms with van der Waals surface area (Å²) < 4.78 is 0. The molecule has 1 aliphatic heterocycles. The minimum Gasteiger partial charge on any atom is -0.288 e. The zero-order valence-electron chi connectivity index (χ0n) is 12.2. The number of hydrogen-bond donors (Lipinski definition) is 2. The molecule has 0 amide bonds. The number of rotatable bonds is 8. The summed E-state index contributed by atoms with van der Waals surface area (Å²) in [6.45, 7) is 6.84. The number of hydrazine groups is 3. The van der Waals surface area contributed by atoms with Crippen molar-refractivity contribution in [1.82, 2.24) is 15.7 Å². The van der Waals surface area contributed by atoms with Crippen LogP contribution in [0.4, 0.5) is 5.69 Å². The molecular weight excluding hydrogens is 248 g/mol. The molecule has 0 aliphatic carbocycles. The van der Waals surface area contributed by atoms with Crippen LogP contribution >= 0.6 is 0 Å². The van der Waals surface area contributed by atoms with Gasteiger partial charge in [-0.25, -0.2) is 5.12 Å². The maximum atomic E-state index is 3.82. The first-order valence-electron chi connectivity index (χ1n) is 7.30. The van der Waals surface area contributed by atoms with Crippen LogP contribution in [-0.4, -0.2) is 16.7 Å². The number of nitrogens with one attached hydrogen (secondary N) is 2. The number of hydrogen-bond acceptors (Lipinski definition) is 4. The van der Waals surface area contributed by atoms with Crippen molar-refractivity contribution >= 4 is 5.69 Å². The molecule has 20 heavy (non-hydrogen) atoms. The van der Waals surface area contributed by atoms with Crippen molar-refractivity contribution in [2.24, 2.45) is 0 Å². The summed E-state index contributed by atoms with van der Waals surface area (Å²) in [7, 11) is 0. The minimum absolute atomic E-state index is 0.797. The van der Waals surface area contributed by atoms with Gasteiger partial charge in [-0.3, -0.25) is 10.4 Å². The first-order valence-corrected chi connectivity index (χ1v) is 7.30. The van der Waals surface area contributed by atoms with Gasteiger partial charge in [-0.15, -0.1) is 12.1 Å². The van der Waals surface area contributed by atoms with Gasteiger partial charge in [0.2, 0.25) is 0 Å². The number of unbranched alkanes of at least 4 members (excludes halogenated alkanes) is 2. The van der Waals surface area contributed by atoms with Gasteiger partial charge in [0.15, 0.2) is 0 Å². The third kappa shape index (κ3) is 4.03. The Hall–Kier alpha value is -1.94. The Morgan fingerprint density at radius 3 is 2.75 bits per heavy atom. The van der Waals surface area contributed by atoms with Gasteiger partial charge in [0, 0.05) is 0 Å². The normalized spacial score (nSPS) is 14.3. The summed E-state index contributed by atoms with van der Waals surface area (Å²) in [6, 6.07) is 10.1. The van der Waals surface area contributed by atoms with Gasteiger partial charge in [-0.2, -0.15) is 0 Å². The van der Waals surface area contributed by atoms with Crippen LogP contribution in [0, 0.1) is 0 Å². The first-order chi connectivity index (χ1) is 9.83. The molecule has 0 aromatic heterocycles. The van der Waals surface area contributed by atoms with Crippen molar-refractivity contribution in [3.63, 3.8) is 0 Å². The van der Waals surface area contributed by atoms with Crippen LogP contribution in [-0.2, 0) is 0 Å². The number of para-hydroxylation sites is 1. The molecule has 0 saturated carbocycles. The fraction of sp³-hybridized carbons (Fsp3) is 0.375. The highest BCUT2D eigenvalue weighted by Gasteiger charge is 2.18. The fourth-order valence-electron chi connectivity index (χ4n) is 2.19. The molecule has 1 heterocycles. The van der Waals surface area contributed by atoms with Crippen molar-refractivity contribution in [3.8, 4) is 0 Å². The standard InChI is InChI=1S/C16H24N4/c1-3-5-7-12-16-14-20(18-19(16)13-4-2)17-15-10-8-6-9-11-15/h4,6,8-11,14,17-18H,2-3,5,7,12-13H2,1H3. The molecule has 2 N–H and O–H groups in total. The Labute approximate surface area is 121 Å². The van der Waals surface area contributed by atoms with Crippen LogP contribution in [0.15, 0.2) is 54.9 Å². The van der Waals surface area contributed by atoms with Gasteiger partial charge < -0.3 is 0 Å². The van der Waals surface area contributed by atoms with E-state index in [1.54, 1.807) is 0 Å². The Balaban J connectivity index is 1.95. The number of anilines is 1. The maximum Gasteiger partial charge on any atom is 0.0620 e. The third-order valence-electron chi connectivity index (χ3n) is 3.22. The van der Waals surface area contributed by atoms with Crippen molar-refractivity contribution < 1.29 is 0 Å². The third-order valence-corrected chi connectivity index (χ3v) is 3.22. The Kier molecular flexibility index (Phi) is 5.50. The molecule has 0 saturated heterocycles. The van der Waals surface area contributed by atoms with Crippen molar-refractivity contribution in [2.75, 3.05) is 12.0 Å². The second-order valence-corrected chi connectivity index (χ2v) is 4.92. The van der Waals surface area contributed by atoms with Crippen molar-refractivity contribution in [2.45, 2.75) is 32.6 Å². The fourth-order valence-corrected chi connectivity index (χ4v) is 2.19. The van der Waals surface area contributed by atoms with Crippen LogP contribution in [0.5, 0.6) is 0 Å². The molecule has 0 fully saturated rings. The van der Waals surface area contributed by atoms with E-state index >= 15 is 0 Å². The van der Waals surface area contributed by atoms with E-state index in [1.807, 2.05) is 41.5 Å². The summed E-state index contributed by atoms with van der Waals surface area (Å²) >= 11 is 0. The lowest BCUT2D eigenvalue weighted by molar-refractivity contribution is 0.161. The second kappa shape index (κ2) is 7.60. The average Bonchev–Trinajstić information content (AvgIpc) is 2.83. The van der Waals surface area contributed by atoms with Crippen LogP contribution in [0.1, 0.15) is 32.6 Å². The monoisotopic (exact) mass is 272 g/mol. The van der Waals surface area contributed by atoms with Crippen LogP contribution in [0.3, 0.4) is 0 Å². The summed E-state index contributed by atoms with van der Waals surface area (Å²) in [6.07, 6.45) is 8.84. The number of allylic oxidation sites excluding steroid dienone is 1. The maximum absolute atomic E-state index is 3.82. The lowest BCUT2D eigenvalue weighted by Crippen LogP contribution is -2.43. The van der Waals surface area contributed by atoms with Gasteiger partial charge in [0.1, 0.15) is 0 Å². The largest absolute Gasteiger partial charge is 0.288 e. The highest BCUT2D eigenvalue weighted by atomic mass is 15.9. The van der Waals surface area contributed by atoms with E-state index in [9.17, 15) is 0 Å². The Morgan fingerprint density at radius 1 is 1.25 bits per heavy atom. The number of benzene rings is 1. The lowest BCUT2D eigenvalue weighted by Gasteiger charge is -2.24. The SMILES string of the molecule is C=CCN1NN(Nc2ccccc2)C=C1CCCCC. The van der Waals surface area contributed by atoms with E-state index in [4.69, 9.17) is 0 Å². The molecule has 4 heteroatoms. The van der Waals surface area contributed by atoms with Crippen LogP contribution < -0.4 is 11.0 Å². The van der Waals surface area contributed by atoms with Gasteiger partial charge in [-0.1, -0.05) is 44.0 Å². The van der Waals surface area contributed by atoms with Crippen LogP contribution in [0.2, 0.25) is 0 Å². The Morgan fingerprint density at radius 2 is 2.05 bits per heavy atom. The highest BCUT2D eigenvalue weighted by molar-refractivity contribution is 5.41. The molecule has 1 aromatic carbocycles. The average molecular weight is 272 g/mol. The van der Waals surface area contributed by atoms with E-state index in [0.29, 0.717) is 0 Å². The molecule has 0 spiro atoms. The van der Waals surface area contributed by atoms with E-state index in [0.717, 1.165) is 18.7 Å². The van der Waals surface area contributed by atoms with E-state index in [2.05, 4.69) is 35.7 Å². The molecular formula is C16H24N4. The molecule has 0 bridgehead atoms. The lowest BCUT2D eigenvalue weighted by atomic mass is 10.1. The van der Waals surface area contributed by atoms with Crippen LogP contribution in [0.25, 0.3) is 0 Å². The molecule has 1 aromatic rings. The smallest absolute Gasteiger partial charge is 0.0620 e. The summed E-state index contributed by atoms with van der Waals surface area (Å²) in [5.74, 6) is 0. The van der Waals surface area contributed by atoms with Gasteiger partial charge in [0.25, 0.3) is 0 Å². The quantitative estimate of drug-likeness (QED) is 0.558. The van der Waals surface area contributed by atoms with E-state index in [1.165, 1.54) is 25.0 Å². The molecule has 108 valence electrons.